The molecule has 1 aromatic heterocycles. The molecule has 1 saturated heterocycles. The van der Waals surface area contributed by atoms with E-state index in [0.29, 0.717) is 0 Å². The lowest BCUT2D eigenvalue weighted by Crippen LogP contribution is -2.43. The number of hydrogen-bond acceptors (Lipinski definition) is 4. The fraction of sp³-hybridized carbons (Fsp3) is 0.500. The van der Waals surface area contributed by atoms with E-state index in [4.69, 9.17) is 5.11 Å². The van der Waals surface area contributed by atoms with Crippen molar-refractivity contribution < 1.29 is 9.90 Å². The predicted octanol–water partition coefficient (Wildman–Crippen LogP) is 0.527. The molecule has 1 fully saturated rings. The minimum Gasteiger partial charge on any atom is -0.477 e. The summed E-state index contributed by atoms with van der Waals surface area (Å²) in [5.41, 5.74) is 1.14. The summed E-state index contributed by atoms with van der Waals surface area (Å²) in [5, 5.41) is 8.87. The van der Waals surface area contributed by atoms with Gasteiger partial charge in [-0.25, -0.2) is 9.78 Å². The highest BCUT2D eigenvalue weighted by Gasteiger charge is 2.14. The van der Waals surface area contributed by atoms with Gasteiger partial charge in [0, 0.05) is 38.9 Å². The molecule has 5 nitrogen and oxygen atoms in total. The van der Waals surface area contributed by atoms with Crippen LogP contribution in [0.1, 0.15) is 16.1 Å². The molecule has 1 N–H and O–H groups in total. The van der Waals surface area contributed by atoms with Gasteiger partial charge in [0.1, 0.15) is 5.69 Å². The van der Waals surface area contributed by atoms with Crippen molar-refractivity contribution in [2.75, 3.05) is 33.2 Å². The van der Waals surface area contributed by atoms with E-state index >= 15 is 0 Å². The number of nitrogens with zero attached hydrogens (tertiary/aromatic N) is 3. The first-order chi connectivity index (χ1) is 8.15. The Bertz CT molecular complexity index is 400. The van der Waals surface area contributed by atoms with Crippen LogP contribution in [0.4, 0.5) is 0 Å². The quantitative estimate of drug-likeness (QED) is 0.828. The summed E-state index contributed by atoms with van der Waals surface area (Å²) in [5.74, 6) is -0.967. The van der Waals surface area contributed by atoms with Crippen LogP contribution in [-0.4, -0.2) is 59.1 Å². The summed E-state index contributed by atoms with van der Waals surface area (Å²) in [4.78, 5) is 19.3. The monoisotopic (exact) mass is 235 g/mol. The molecule has 1 aliphatic rings. The van der Waals surface area contributed by atoms with E-state index in [1.165, 1.54) is 0 Å². The van der Waals surface area contributed by atoms with Crippen LogP contribution < -0.4 is 0 Å². The summed E-state index contributed by atoms with van der Waals surface area (Å²) < 4.78 is 0. The van der Waals surface area contributed by atoms with E-state index in [2.05, 4.69) is 21.8 Å². The van der Waals surface area contributed by atoms with E-state index in [9.17, 15) is 4.79 Å². The zero-order valence-electron chi connectivity index (χ0n) is 9.96. The Balaban J connectivity index is 1.98. The van der Waals surface area contributed by atoms with Gasteiger partial charge in [-0.2, -0.15) is 0 Å². The molecule has 0 aromatic carbocycles. The maximum absolute atomic E-state index is 10.8. The zero-order valence-corrected chi connectivity index (χ0v) is 9.96. The largest absolute Gasteiger partial charge is 0.477 e. The lowest BCUT2D eigenvalue weighted by atomic mass is 10.2. The lowest BCUT2D eigenvalue weighted by Gasteiger charge is -2.32. The molecule has 0 unspecified atom stereocenters. The first-order valence-corrected chi connectivity index (χ1v) is 5.74. The van der Waals surface area contributed by atoms with Gasteiger partial charge in [-0.05, 0) is 24.7 Å². The Labute approximate surface area is 101 Å². The van der Waals surface area contributed by atoms with Gasteiger partial charge in [0.05, 0.1) is 0 Å². The molecule has 0 spiro atoms. The van der Waals surface area contributed by atoms with Crippen LogP contribution in [0, 0.1) is 0 Å². The fourth-order valence-corrected chi connectivity index (χ4v) is 1.95. The Kier molecular flexibility index (Phi) is 3.71. The van der Waals surface area contributed by atoms with Gasteiger partial charge in [0.25, 0.3) is 0 Å². The van der Waals surface area contributed by atoms with Crippen molar-refractivity contribution >= 4 is 5.97 Å². The van der Waals surface area contributed by atoms with Crippen LogP contribution in [0.25, 0.3) is 0 Å². The van der Waals surface area contributed by atoms with Crippen molar-refractivity contribution in [1.29, 1.82) is 0 Å². The summed E-state index contributed by atoms with van der Waals surface area (Å²) in [7, 11) is 2.12. The standard InChI is InChI=1S/C12H17N3O2/c1-14-4-6-15(7-5-14)9-10-2-3-13-11(8-10)12(16)17/h2-3,8H,4-7,9H2,1H3,(H,16,17). The third-order valence-electron chi connectivity index (χ3n) is 3.05. The van der Waals surface area contributed by atoms with Gasteiger partial charge in [-0.1, -0.05) is 0 Å². The molecule has 92 valence electrons. The van der Waals surface area contributed by atoms with Crippen LogP contribution in [0.2, 0.25) is 0 Å². The molecule has 5 heteroatoms. The first-order valence-electron chi connectivity index (χ1n) is 5.74. The number of pyridine rings is 1. The highest BCUT2D eigenvalue weighted by Crippen LogP contribution is 2.08. The number of rotatable bonds is 3. The molecule has 2 rings (SSSR count). The summed E-state index contributed by atoms with van der Waals surface area (Å²) in [6, 6.07) is 3.53. The fourth-order valence-electron chi connectivity index (χ4n) is 1.95. The van der Waals surface area contributed by atoms with Gasteiger partial charge >= 0.3 is 5.97 Å². The molecule has 0 bridgehead atoms. The number of hydrogen-bond donors (Lipinski definition) is 1. The Morgan fingerprint density at radius 2 is 2.12 bits per heavy atom. The number of piperazine rings is 1. The first kappa shape index (κ1) is 12.0. The molecular formula is C12H17N3O2. The van der Waals surface area contributed by atoms with Crippen LogP contribution >= 0.6 is 0 Å². The highest BCUT2D eigenvalue weighted by atomic mass is 16.4. The van der Waals surface area contributed by atoms with Crippen LogP contribution in [0.3, 0.4) is 0 Å². The second-order valence-electron chi connectivity index (χ2n) is 4.43. The topological polar surface area (TPSA) is 56.7 Å². The van der Waals surface area contributed by atoms with Crippen LogP contribution in [0.15, 0.2) is 18.3 Å². The predicted molar refractivity (Wildman–Crippen MR) is 64.0 cm³/mol. The van der Waals surface area contributed by atoms with Crippen LogP contribution in [0.5, 0.6) is 0 Å². The molecule has 0 saturated carbocycles. The lowest BCUT2D eigenvalue weighted by molar-refractivity contribution is 0.0690. The van der Waals surface area contributed by atoms with E-state index in [-0.39, 0.29) is 5.69 Å². The third-order valence-corrected chi connectivity index (χ3v) is 3.05. The van der Waals surface area contributed by atoms with Crippen molar-refractivity contribution in [3.63, 3.8) is 0 Å². The molecule has 0 atom stereocenters. The second kappa shape index (κ2) is 5.25. The average Bonchev–Trinajstić information content (AvgIpc) is 2.32. The molecule has 1 aliphatic heterocycles. The molecule has 0 amide bonds. The van der Waals surface area contributed by atoms with Crippen molar-refractivity contribution in [3.8, 4) is 0 Å². The zero-order chi connectivity index (χ0) is 12.3. The maximum Gasteiger partial charge on any atom is 0.354 e. The Morgan fingerprint density at radius 3 is 2.76 bits per heavy atom. The molecular weight excluding hydrogens is 218 g/mol. The number of likely N-dealkylation sites (N-methyl/N-ethyl adjacent to an activating group) is 1. The number of carboxylic acid groups (broad SMARTS) is 1. The van der Waals surface area contributed by atoms with Gasteiger partial charge in [-0.15, -0.1) is 0 Å². The van der Waals surface area contributed by atoms with E-state index in [1.54, 1.807) is 12.3 Å². The number of aromatic nitrogens is 1. The highest BCUT2D eigenvalue weighted by molar-refractivity contribution is 5.85. The van der Waals surface area contributed by atoms with E-state index in [1.807, 2.05) is 6.07 Å². The number of carboxylic acids is 1. The summed E-state index contributed by atoms with van der Waals surface area (Å²) in [6.45, 7) is 4.99. The van der Waals surface area contributed by atoms with Crippen molar-refractivity contribution in [2.24, 2.45) is 0 Å². The minimum absolute atomic E-state index is 0.122. The molecule has 2 heterocycles. The van der Waals surface area contributed by atoms with Crippen molar-refractivity contribution in [1.82, 2.24) is 14.8 Å². The normalized spacial score (nSPS) is 18.2. The Hall–Kier alpha value is -1.46. The number of aromatic carboxylic acids is 1. The van der Waals surface area contributed by atoms with Gasteiger partial charge in [-0.3, -0.25) is 4.90 Å². The molecule has 1 aromatic rings. The molecule has 0 aliphatic carbocycles. The SMILES string of the molecule is CN1CCN(Cc2ccnc(C(=O)O)c2)CC1. The molecule has 0 radical (unpaired) electrons. The summed E-state index contributed by atoms with van der Waals surface area (Å²) in [6.07, 6.45) is 1.56. The van der Waals surface area contributed by atoms with Gasteiger partial charge < -0.3 is 10.0 Å². The summed E-state index contributed by atoms with van der Waals surface area (Å²) >= 11 is 0. The van der Waals surface area contributed by atoms with Gasteiger partial charge in [0.2, 0.25) is 0 Å². The Morgan fingerprint density at radius 1 is 1.41 bits per heavy atom. The second-order valence-corrected chi connectivity index (χ2v) is 4.43. The smallest absolute Gasteiger partial charge is 0.354 e. The van der Waals surface area contributed by atoms with Crippen LogP contribution in [-0.2, 0) is 6.54 Å². The van der Waals surface area contributed by atoms with Crippen molar-refractivity contribution in [2.45, 2.75) is 6.54 Å². The van der Waals surface area contributed by atoms with E-state index in [0.717, 1.165) is 38.3 Å². The van der Waals surface area contributed by atoms with Crippen molar-refractivity contribution in [3.05, 3.63) is 29.6 Å². The average molecular weight is 235 g/mol. The van der Waals surface area contributed by atoms with Gasteiger partial charge in [0.15, 0.2) is 0 Å². The maximum atomic E-state index is 10.8. The number of carbonyl (C=O) groups is 1. The third kappa shape index (κ3) is 3.25. The minimum atomic E-state index is -0.967. The van der Waals surface area contributed by atoms with E-state index < -0.39 is 5.97 Å². The molecule has 17 heavy (non-hydrogen) atoms.